The van der Waals surface area contributed by atoms with Crippen LogP contribution in [0.4, 0.5) is 0 Å². The average molecular weight is 258 g/mol. The Balaban J connectivity index is 2.17. The van der Waals surface area contributed by atoms with Gasteiger partial charge in [0, 0.05) is 11.8 Å². The zero-order valence-electron chi connectivity index (χ0n) is 9.98. The van der Waals surface area contributed by atoms with Gasteiger partial charge >= 0.3 is 0 Å². The lowest BCUT2D eigenvalue weighted by Crippen LogP contribution is -1.90. The van der Waals surface area contributed by atoms with Crippen molar-refractivity contribution in [2.75, 3.05) is 6.61 Å². The van der Waals surface area contributed by atoms with Crippen LogP contribution in [0.15, 0.2) is 42.6 Å². The van der Waals surface area contributed by atoms with E-state index in [0.29, 0.717) is 11.8 Å². The quantitative estimate of drug-likeness (QED) is 0.607. The SMILES string of the molecule is CCOc1ccc(C#Cc2cccnc2Cl)cc1. The third kappa shape index (κ3) is 3.26. The predicted molar refractivity (Wildman–Crippen MR) is 72.8 cm³/mol. The second kappa shape index (κ2) is 6.09. The van der Waals surface area contributed by atoms with Crippen molar-refractivity contribution in [2.24, 2.45) is 0 Å². The molecule has 18 heavy (non-hydrogen) atoms. The Bertz CT molecular complexity index is 581. The Morgan fingerprint density at radius 3 is 2.61 bits per heavy atom. The molecule has 0 saturated heterocycles. The molecule has 0 saturated carbocycles. The first-order chi connectivity index (χ1) is 8.79. The minimum Gasteiger partial charge on any atom is -0.494 e. The smallest absolute Gasteiger partial charge is 0.144 e. The predicted octanol–water partition coefficient (Wildman–Crippen LogP) is 3.53. The summed E-state index contributed by atoms with van der Waals surface area (Å²) in [5.41, 5.74) is 1.64. The van der Waals surface area contributed by atoms with Gasteiger partial charge in [-0.25, -0.2) is 4.98 Å². The van der Waals surface area contributed by atoms with E-state index in [-0.39, 0.29) is 0 Å². The summed E-state index contributed by atoms with van der Waals surface area (Å²) in [6.45, 7) is 2.62. The molecule has 0 amide bonds. The molecular formula is C15H12ClNO. The zero-order valence-corrected chi connectivity index (χ0v) is 10.7. The average Bonchev–Trinajstić information content (AvgIpc) is 2.40. The van der Waals surface area contributed by atoms with Gasteiger partial charge in [0.15, 0.2) is 0 Å². The lowest BCUT2D eigenvalue weighted by atomic mass is 10.2. The molecular weight excluding hydrogens is 246 g/mol. The van der Waals surface area contributed by atoms with Crippen molar-refractivity contribution >= 4 is 11.6 Å². The molecule has 0 spiro atoms. The van der Waals surface area contributed by atoms with Crippen molar-refractivity contribution in [3.05, 3.63) is 58.9 Å². The largest absolute Gasteiger partial charge is 0.494 e. The van der Waals surface area contributed by atoms with Gasteiger partial charge in [0.2, 0.25) is 0 Å². The topological polar surface area (TPSA) is 22.1 Å². The lowest BCUT2D eigenvalue weighted by Gasteiger charge is -2.01. The Labute approximate surface area is 112 Å². The van der Waals surface area contributed by atoms with Crippen molar-refractivity contribution in [3.63, 3.8) is 0 Å². The fraction of sp³-hybridized carbons (Fsp3) is 0.133. The van der Waals surface area contributed by atoms with E-state index >= 15 is 0 Å². The van der Waals surface area contributed by atoms with Gasteiger partial charge in [0.1, 0.15) is 10.9 Å². The van der Waals surface area contributed by atoms with Crippen molar-refractivity contribution in [3.8, 4) is 17.6 Å². The molecule has 3 heteroatoms. The fourth-order valence-electron chi connectivity index (χ4n) is 1.42. The maximum Gasteiger partial charge on any atom is 0.144 e. The van der Waals surface area contributed by atoms with Crippen molar-refractivity contribution in [1.82, 2.24) is 4.98 Å². The second-order valence-corrected chi connectivity index (χ2v) is 3.91. The van der Waals surface area contributed by atoms with Crippen LogP contribution < -0.4 is 4.74 Å². The second-order valence-electron chi connectivity index (χ2n) is 3.55. The third-order valence-electron chi connectivity index (χ3n) is 2.27. The number of halogens is 1. The van der Waals surface area contributed by atoms with Gasteiger partial charge in [-0.3, -0.25) is 0 Å². The molecule has 0 unspecified atom stereocenters. The Morgan fingerprint density at radius 2 is 1.94 bits per heavy atom. The standard InChI is InChI=1S/C15H12ClNO/c1-2-18-14-9-6-12(7-10-14)5-8-13-4-3-11-17-15(13)16/h3-4,6-7,9-11H,2H2,1H3. The first kappa shape index (κ1) is 12.5. The number of nitrogens with zero attached hydrogens (tertiary/aromatic N) is 1. The molecule has 1 aromatic heterocycles. The van der Waals surface area contributed by atoms with E-state index < -0.39 is 0 Å². The van der Waals surface area contributed by atoms with Crippen LogP contribution in [0.5, 0.6) is 5.75 Å². The van der Waals surface area contributed by atoms with E-state index in [1.165, 1.54) is 0 Å². The minimum atomic E-state index is 0.427. The highest BCUT2D eigenvalue weighted by atomic mass is 35.5. The lowest BCUT2D eigenvalue weighted by molar-refractivity contribution is 0.340. The van der Waals surface area contributed by atoms with Gasteiger partial charge < -0.3 is 4.74 Å². The number of hydrogen-bond donors (Lipinski definition) is 0. The minimum absolute atomic E-state index is 0.427. The molecule has 0 aliphatic rings. The number of pyridine rings is 1. The molecule has 1 aromatic carbocycles. The maximum absolute atomic E-state index is 5.92. The molecule has 1 heterocycles. The summed E-state index contributed by atoms with van der Waals surface area (Å²) in [6.07, 6.45) is 1.64. The number of aromatic nitrogens is 1. The summed E-state index contributed by atoms with van der Waals surface area (Å²) in [6, 6.07) is 11.3. The summed E-state index contributed by atoms with van der Waals surface area (Å²) in [4.78, 5) is 3.97. The molecule has 0 atom stereocenters. The van der Waals surface area contributed by atoms with Gasteiger partial charge in [-0.2, -0.15) is 0 Å². The molecule has 2 nitrogen and oxygen atoms in total. The summed E-state index contributed by atoms with van der Waals surface area (Å²) < 4.78 is 5.36. The Hall–Kier alpha value is -1.98. The molecule has 0 N–H and O–H groups in total. The maximum atomic E-state index is 5.92. The highest BCUT2D eigenvalue weighted by Crippen LogP contribution is 2.12. The van der Waals surface area contributed by atoms with Crippen LogP contribution in [0.25, 0.3) is 0 Å². The summed E-state index contributed by atoms with van der Waals surface area (Å²) in [5.74, 6) is 6.89. The van der Waals surface area contributed by atoms with Crippen molar-refractivity contribution in [2.45, 2.75) is 6.92 Å². The summed E-state index contributed by atoms with van der Waals surface area (Å²) in [5, 5.41) is 0.427. The van der Waals surface area contributed by atoms with Gasteiger partial charge in [-0.1, -0.05) is 23.4 Å². The monoisotopic (exact) mass is 257 g/mol. The number of ether oxygens (including phenoxy) is 1. The normalized spacial score (nSPS) is 9.44. The molecule has 0 bridgehead atoms. The van der Waals surface area contributed by atoms with E-state index in [1.807, 2.05) is 43.3 Å². The van der Waals surface area contributed by atoms with Crippen LogP contribution in [0.3, 0.4) is 0 Å². The first-order valence-corrected chi connectivity index (χ1v) is 6.03. The molecule has 90 valence electrons. The highest BCUT2D eigenvalue weighted by molar-refractivity contribution is 6.30. The van der Waals surface area contributed by atoms with Crippen LogP contribution in [0, 0.1) is 11.8 Å². The van der Waals surface area contributed by atoms with Crippen LogP contribution in [-0.2, 0) is 0 Å². The van der Waals surface area contributed by atoms with Crippen molar-refractivity contribution < 1.29 is 4.74 Å². The Kier molecular flexibility index (Phi) is 4.22. The van der Waals surface area contributed by atoms with Crippen molar-refractivity contribution in [1.29, 1.82) is 0 Å². The first-order valence-electron chi connectivity index (χ1n) is 5.65. The summed E-state index contributed by atoms with van der Waals surface area (Å²) >= 11 is 5.92. The van der Waals surface area contributed by atoms with E-state index in [4.69, 9.17) is 16.3 Å². The highest BCUT2D eigenvalue weighted by Gasteiger charge is 1.95. The van der Waals surface area contributed by atoms with Gasteiger partial charge in [0.25, 0.3) is 0 Å². The van der Waals surface area contributed by atoms with Gasteiger partial charge in [-0.15, -0.1) is 0 Å². The van der Waals surface area contributed by atoms with E-state index in [2.05, 4.69) is 16.8 Å². The molecule has 0 aliphatic heterocycles. The van der Waals surface area contributed by atoms with Crippen LogP contribution in [-0.4, -0.2) is 11.6 Å². The molecule has 0 radical (unpaired) electrons. The number of hydrogen-bond acceptors (Lipinski definition) is 2. The zero-order chi connectivity index (χ0) is 12.8. The van der Waals surface area contributed by atoms with E-state index in [9.17, 15) is 0 Å². The summed E-state index contributed by atoms with van der Waals surface area (Å²) in [7, 11) is 0. The van der Waals surface area contributed by atoms with Gasteiger partial charge in [-0.05, 0) is 43.3 Å². The third-order valence-corrected chi connectivity index (χ3v) is 2.57. The molecule has 0 aliphatic carbocycles. The van der Waals surface area contributed by atoms with Gasteiger partial charge in [0.05, 0.1) is 12.2 Å². The number of rotatable bonds is 2. The Morgan fingerprint density at radius 1 is 1.17 bits per heavy atom. The van der Waals surface area contributed by atoms with E-state index in [1.54, 1.807) is 6.20 Å². The number of benzene rings is 1. The molecule has 2 rings (SSSR count). The van der Waals surface area contributed by atoms with Crippen LogP contribution >= 0.6 is 11.6 Å². The molecule has 2 aromatic rings. The van der Waals surface area contributed by atoms with Crippen LogP contribution in [0.2, 0.25) is 5.15 Å². The van der Waals surface area contributed by atoms with Crippen LogP contribution in [0.1, 0.15) is 18.1 Å². The van der Waals surface area contributed by atoms with E-state index in [0.717, 1.165) is 16.9 Å². The fourth-order valence-corrected chi connectivity index (χ4v) is 1.59. The molecule has 0 fully saturated rings.